The minimum Gasteiger partial charge on any atom is -0.465 e. The Morgan fingerprint density at radius 2 is 1.90 bits per heavy atom. The van der Waals surface area contributed by atoms with Gasteiger partial charge in [-0.1, -0.05) is 0 Å². The van der Waals surface area contributed by atoms with Gasteiger partial charge in [0.1, 0.15) is 11.5 Å². The molecule has 1 fully saturated rings. The van der Waals surface area contributed by atoms with E-state index in [1.807, 2.05) is 26.1 Å². The standard InChI is InChI=1S/C14H20N6O/c1-10-5-6-11(21-10)9-16-13-17-12(15-2)18-14(19-13)20-7-3-4-8-20/h5-6H,3-4,7-9H2,1-2H3,(H2,15,16,17,18,19). The van der Waals surface area contributed by atoms with Gasteiger partial charge in [-0.3, -0.25) is 0 Å². The van der Waals surface area contributed by atoms with Crippen molar-refractivity contribution >= 4 is 17.8 Å². The van der Waals surface area contributed by atoms with Crippen molar-refractivity contribution in [1.82, 2.24) is 15.0 Å². The van der Waals surface area contributed by atoms with E-state index in [1.165, 1.54) is 12.8 Å². The molecule has 1 aliphatic heterocycles. The highest BCUT2D eigenvalue weighted by Crippen LogP contribution is 2.19. The van der Waals surface area contributed by atoms with Crippen molar-refractivity contribution < 1.29 is 4.42 Å². The summed E-state index contributed by atoms with van der Waals surface area (Å²) in [6.45, 7) is 4.49. The minimum absolute atomic E-state index is 0.556. The number of rotatable bonds is 5. The molecule has 0 aromatic carbocycles. The molecular formula is C14H20N6O. The molecule has 0 amide bonds. The summed E-state index contributed by atoms with van der Waals surface area (Å²) in [6.07, 6.45) is 2.38. The summed E-state index contributed by atoms with van der Waals surface area (Å²) in [5, 5.41) is 6.17. The molecule has 1 aliphatic rings. The number of anilines is 3. The first-order valence-corrected chi connectivity index (χ1v) is 7.22. The first kappa shape index (κ1) is 13.7. The van der Waals surface area contributed by atoms with Crippen LogP contribution in [-0.4, -0.2) is 35.1 Å². The monoisotopic (exact) mass is 288 g/mol. The fourth-order valence-electron chi connectivity index (χ4n) is 2.36. The van der Waals surface area contributed by atoms with Crippen LogP contribution in [0.2, 0.25) is 0 Å². The van der Waals surface area contributed by atoms with Crippen molar-refractivity contribution in [2.75, 3.05) is 35.7 Å². The Kier molecular flexibility index (Phi) is 3.89. The summed E-state index contributed by atoms with van der Waals surface area (Å²) in [4.78, 5) is 15.4. The van der Waals surface area contributed by atoms with Crippen molar-refractivity contribution in [3.05, 3.63) is 23.7 Å². The minimum atomic E-state index is 0.556. The Labute approximate surface area is 123 Å². The normalized spacial score (nSPS) is 14.5. The van der Waals surface area contributed by atoms with Crippen LogP contribution < -0.4 is 15.5 Å². The highest BCUT2D eigenvalue weighted by Gasteiger charge is 2.17. The highest BCUT2D eigenvalue weighted by molar-refractivity contribution is 5.44. The maximum absolute atomic E-state index is 5.53. The van der Waals surface area contributed by atoms with Crippen LogP contribution in [0.4, 0.5) is 17.8 Å². The molecule has 0 unspecified atom stereocenters. The van der Waals surface area contributed by atoms with Crippen LogP contribution in [-0.2, 0) is 6.54 Å². The van der Waals surface area contributed by atoms with Gasteiger partial charge < -0.3 is 20.0 Å². The van der Waals surface area contributed by atoms with Gasteiger partial charge in [0, 0.05) is 20.1 Å². The molecule has 7 heteroatoms. The molecule has 2 N–H and O–H groups in total. The second-order valence-electron chi connectivity index (χ2n) is 5.09. The molecule has 0 bridgehead atoms. The lowest BCUT2D eigenvalue weighted by molar-refractivity contribution is 0.490. The quantitative estimate of drug-likeness (QED) is 0.871. The van der Waals surface area contributed by atoms with Gasteiger partial charge in [0.2, 0.25) is 17.8 Å². The summed E-state index contributed by atoms with van der Waals surface area (Å²) in [5.41, 5.74) is 0. The van der Waals surface area contributed by atoms with E-state index in [9.17, 15) is 0 Å². The van der Waals surface area contributed by atoms with Crippen LogP contribution in [0, 0.1) is 6.92 Å². The third kappa shape index (κ3) is 3.24. The number of aromatic nitrogens is 3. The molecule has 2 aromatic heterocycles. The molecule has 3 heterocycles. The summed E-state index contributed by atoms with van der Waals surface area (Å²) in [6, 6.07) is 3.89. The molecule has 0 atom stereocenters. The zero-order chi connectivity index (χ0) is 14.7. The van der Waals surface area contributed by atoms with E-state index in [4.69, 9.17) is 4.42 Å². The van der Waals surface area contributed by atoms with Crippen LogP contribution in [0.25, 0.3) is 0 Å². The largest absolute Gasteiger partial charge is 0.465 e. The molecule has 3 rings (SSSR count). The van der Waals surface area contributed by atoms with Gasteiger partial charge in [-0.15, -0.1) is 0 Å². The van der Waals surface area contributed by atoms with Crippen LogP contribution in [0.1, 0.15) is 24.4 Å². The maximum Gasteiger partial charge on any atom is 0.231 e. The van der Waals surface area contributed by atoms with Gasteiger partial charge in [-0.25, -0.2) is 0 Å². The summed E-state index contributed by atoms with van der Waals surface area (Å²) in [5.74, 6) is 3.62. The second-order valence-corrected chi connectivity index (χ2v) is 5.09. The van der Waals surface area contributed by atoms with E-state index in [-0.39, 0.29) is 0 Å². The Bertz CT molecular complexity index is 605. The molecule has 21 heavy (non-hydrogen) atoms. The molecule has 7 nitrogen and oxygen atoms in total. The summed E-state index contributed by atoms with van der Waals surface area (Å²) in [7, 11) is 1.81. The number of nitrogens with one attached hydrogen (secondary N) is 2. The summed E-state index contributed by atoms with van der Waals surface area (Å²) < 4.78 is 5.53. The van der Waals surface area contributed by atoms with Crippen LogP contribution >= 0.6 is 0 Å². The van der Waals surface area contributed by atoms with E-state index in [2.05, 4.69) is 30.5 Å². The molecular weight excluding hydrogens is 268 g/mol. The fraction of sp³-hybridized carbons (Fsp3) is 0.500. The number of hydrogen-bond acceptors (Lipinski definition) is 7. The molecule has 0 aliphatic carbocycles. The van der Waals surface area contributed by atoms with Gasteiger partial charge in [0.05, 0.1) is 6.54 Å². The lowest BCUT2D eigenvalue weighted by Gasteiger charge is -2.16. The predicted octanol–water partition coefficient (Wildman–Crippen LogP) is 2.03. The first-order valence-electron chi connectivity index (χ1n) is 7.22. The number of furan rings is 1. The van der Waals surface area contributed by atoms with Gasteiger partial charge in [0.25, 0.3) is 0 Å². The lowest BCUT2D eigenvalue weighted by atomic mass is 10.4. The Balaban J connectivity index is 1.75. The van der Waals surface area contributed by atoms with Crippen LogP contribution in [0.3, 0.4) is 0 Å². The molecule has 112 valence electrons. The van der Waals surface area contributed by atoms with E-state index < -0.39 is 0 Å². The molecule has 2 aromatic rings. The van der Waals surface area contributed by atoms with Gasteiger partial charge >= 0.3 is 0 Å². The van der Waals surface area contributed by atoms with Crippen molar-refractivity contribution in [3.8, 4) is 0 Å². The third-order valence-electron chi connectivity index (χ3n) is 3.45. The zero-order valence-electron chi connectivity index (χ0n) is 12.4. The Hall–Kier alpha value is -2.31. The van der Waals surface area contributed by atoms with E-state index >= 15 is 0 Å². The number of aryl methyl sites for hydroxylation is 1. The second kappa shape index (κ2) is 5.99. The molecule has 0 radical (unpaired) electrons. The van der Waals surface area contributed by atoms with Crippen molar-refractivity contribution in [3.63, 3.8) is 0 Å². The van der Waals surface area contributed by atoms with Crippen LogP contribution in [0.15, 0.2) is 16.5 Å². The number of hydrogen-bond donors (Lipinski definition) is 2. The molecule has 1 saturated heterocycles. The topological polar surface area (TPSA) is 79.1 Å². The molecule has 0 spiro atoms. The van der Waals surface area contributed by atoms with Gasteiger partial charge in [0.15, 0.2) is 0 Å². The Morgan fingerprint density at radius 1 is 1.14 bits per heavy atom. The smallest absolute Gasteiger partial charge is 0.231 e. The average Bonchev–Trinajstić information content (AvgIpc) is 3.16. The fourth-order valence-corrected chi connectivity index (χ4v) is 2.36. The zero-order valence-corrected chi connectivity index (χ0v) is 12.4. The maximum atomic E-state index is 5.53. The summed E-state index contributed by atoms with van der Waals surface area (Å²) >= 11 is 0. The van der Waals surface area contributed by atoms with Crippen molar-refractivity contribution in [2.24, 2.45) is 0 Å². The third-order valence-corrected chi connectivity index (χ3v) is 3.45. The van der Waals surface area contributed by atoms with Crippen LogP contribution in [0.5, 0.6) is 0 Å². The average molecular weight is 288 g/mol. The van der Waals surface area contributed by atoms with E-state index in [1.54, 1.807) is 0 Å². The van der Waals surface area contributed by atoms with Crippen molar-refractivity contribution in [2.45, 2.75) is 26.3 Å². The SMILES string of the molecule is CNc1nc(NCc2ccc(C)o2)nc(N2CCCC2)n1. The van der Waals surface area contributed by atoms with Gasteiger partial charge in [-0.05, 0) is 31.9 Å². The number of nitrogens with zero attached hydrogens (tertiary/aromatic N) is 4. The lowest BCUT2D eigenvalue weighted by Crippen LogP contribution is -2.22. The molecule has 0 saturated carbocycles. The van der Waals surface area contributed by atoms with E-state index in [0.717, 1.165) is 30.6 Å². The first-order chi connectivity index (χ1) is 10.2. The van der Waals surface area contributed by atoms with E-state index in [0.29, 0.717) is 18.4 Å². The van der Waals surface area contributed by atoms with Gasteiger partial charge in [-0.2, -0.15) is 15.0 Å². The Morgan fingerprint density at radius 3 is 2.57 bits per heavy atom. The highest BCUT2D eigenvalue weighted by atomic mass is 16.3. The predicted molar refractivity (Wildman–Crippen MR) is 81.6 cm³/mol. The van der Waals surface area contributed by atoms with Crippen molar-refractivity contribution in [1.29, 1.82) is 0 Å².